The Hall–Kier alpha value is -2.21. The van der Waals surface area contributed by atoms with Crippen molar-refractivity contribution in [2.24, 2.45) is 0 Å². The third kappa shape index (κ3) is 2.63. The standard InChI is InChI=1S/C13H10F2O4/c1-18-13(17)11-5-4-10(19-11)12(16)7-2-3-8(14)9(15)6-7/h2-6,12,16H,1H3. The summed E-state index contributed by atoms with van der Waals surface area (Å²) in [5.41, 5.74) is 0.115. The summed E-state index contributed by atoms with van der Waals surface area (Å²) in [6.45, 7) is 0. The molecular formula is C13H10F2O4. The molecule has 0 aliphatic carbocycles. The van der Waals surface area contributed by atoms with Crippen LogP contribution >= 0.6 is 0 Å². The van der Waals surface area contributed by atoms with Crippen LogP contribution in [0.15, 0.2) is 34.7 Å². The largest absolute Gasteiger partial charge is 0.463 e. The van der Waals surface area contributed by atoms with Crippen molar-refractivity contribution in [2.75, 3.05) is 7.11 Å². The Kier molecular flexibility index (Phi) is 3.62. The normalized spacial score (nSPS) is 12.2. The minimum Gasteiger partial charge on any atom is -0.463 e. The highest BCUT2D eigenvalue weighted by molar-refractivity contribution is 5.86. The number of furan rings is 1. The third-order valence-corrected chi connectivity index (χ3v) is 2.54. The lowest BCUT2D eigenvalue weighted by Gasteiger charge is -2.08. The van der Waals surface area contributed by atoms with E-state index in [1.807, 2.05) is 0 Å². The van der Waals surface area contributed by atoms with Crippen LogP contribution in [0.25, 0.3) is 0 Å². The Labute approximate surface area is 107 Å². The zero-order chi connectivity index (χ0) is 14.0. The highest BCUT2D eigenvalue weighted by atomic mass is 19.2. The van der Waals surface area contributed by atoms with E-state index in [1.54, 1.807) is 0 Å². The van der Waals surface area contributed by atoms with Gasteiger partial charge in [-0.3, -0.25) is 0 Å². The van der Waals surface area contributed by atoms with E-state index in [9.17, 15) is 18.7 Å². The van der Waals surface area contributed by atoms with Crippen LogP contribution in [0.2, 0.25) is 0 Å². The maximum Gasteiger partial charge on any atom is 0.373 e. The van der Waals surface area contributed by atoms with Gasteiger partial charge >= 0.3 is 5.97 Å². The molecule has 0 aliphatic heterocycles. The van der Waals surface area contributed by atoms with Crippen LogP contribution in [-0.4, -0.2) is 18.2 Å². The molecule has 100 valence electrons. The summed E-state index contributed by atoms with van der Waals surface area (Å²) >= 11 is 0. The van der Waals surface area contributed by atoms with E-state index < -0.39 is 23.7 Å². The molecule has 0 spiro atoms. The number of hydrogen-bond donors (Lipinski definition) is 1. The fraction of sp³-hybridized carbons (Fsp3) is 0.154. The minimum atomic E-state index is -1.30. The van der Waals surface area contributed by atoms with Crippen molar-refractivity contribution >= 4 is 5.97 Å². The Bertz CT molecular complexity index is 606. The molecule has 1 atom stereocenters. The van der Waals surface area contributed by atoms with E-state index in [-0.39, 0.29) is 17.1 Å². The van der Waals surface area contributed by atoms with Gasteiger partial charge < -0.3 is 14.3 Å². The molecule has 0 bridgehead atoms. The number of methoxy groups -OCH3 is 1. The highest BCUT2D eigenvalue weighted by Crippen LogP contribution is 2.25. The molecule has 0 radical (unpaired) electrons. The first kappa shape index (κ1) is 13.2. The lowest BCUT2D eigenvalue weighted by atomic mass is 10.1. The Morgan fingerprint density at radius 3 is 2.63 bits per heavy atom. The monoisotopic (exact) mass is 268 g/mol. The van der Waals surface area contributed by atoms with Crippen LogP contribution in [0, 0.1) is 11.6 Å². The number of halogens is 2. The predicted molar refractivity (Wildman–Crippen MR) is 60.5 cm³/mol. The van der Waals surface area contributed by atoms with Gasteiger partial charge in [-0.25, -0.2) is 13.6 Å². The molecule has 1 aromatic carbocycles. The molecule has 1 heterocycles. The Morgan fingerprint density at radius 2 is 2.00 bits per heavy atom. The van der Waals surface area contributed by atoms with Gasteiger partial charge in [0.05, 0.1) is 7.11 Å². The number of benzene rings is 1. The highest BCUT2D eigenvalue weighted by Gasteiger charge is 2.19. The number of rotatable bonds is 3. The Balaban J connectivity index is 2.28. The molecule has 0 amide bonds. The Morgan fingerprint density at radius 1 is 1.26 bits per heavy atom. The van der Waals surface area contributed by atoms with Gasteiger partial charge in [-0.15, -0.1) is 0 Å². The number of hydrogen-bond acceptors (Lipinski definition) is 4. The summed E-state index contributed by atoms with van der Waals surface area (Å²) in [4.78, 5) is 11.2. The number of esters is 1. The van der Waals surface area contributed by atoms with E-state index in [1.165, 1.54) is 25.3 Å². The van der Waals surface area contributed by atoms with Crippen LogP contribution in [0.1, 0.15) is 28.0 Å². The maximum atomic E-state index is 13.1. The minimum absolute atomic E-state index is 0.0337. The summed E-state index contributed by atoms with van der Waals surface area (Å²) in [7, 11) is 1.19. The number of carbonyl (C=O) groups is 1. The number of carbonyl (C=O) groups excluding carboxylic acids is 1. The van der Waals surface area contributed by atoms with Gasteiger partial charge in [0.15, 0.2) is 11.6 Å². The van der Waals surface area contributed by atoms with Gasteiger partial charge in [-0.1, -0.05) is 6.07 Å². The van der Waals surface area contributed by atoms with Crippen molar-refractivity contribution < 1.29 is 27.8 Å². The average molecular weight is 268 g/mol. The lowest BCUT2D eigenvalue weighted by Crippen LogP contribution is -2.01. The zero-order valence-electron chi connectivity index (χ0n) is 9.89. The molecule has 6 heteroatoms. The summed E-state index contributed by atoms with van der Waals surface area (Å²) in [6.07, 6.45) is -1.30. The predicted octanol–water partition coefficient (Wildman–Crippen LogP) is 2.43. The van der Waals surface area contributed by atoms with Crippen LogP contribution in [0.4, 0.5) is 8.78 Å². The van der Waals surface area contributed by atoms with Crippen molar-refractivity contribution in [1.82, 2.24) is 0 Å². The zero-order valence-corrected chi connectivity index (χ0v) is 9.89. The van der Waals surface area contributed by atoms with Gasteiger partial charge in [0.1, 0.15) is 11.9 Å². The van der Waals surface area contributed by atoms with Crippen molar-refractivity contribution in [1.29, 1.82) is 0 Å². The van der Waals surface area contributed by atoms with Crippen LogP contribution in [0.5, 0.6) is 0 Å². The van der Waals surface area contributed by atoms with Crippen LogP contribution < -0.4 is 0 Å². The maximum absolute atomic E-state index is 13.1. The average Bonchev–Trinajstić information content (AvgIpc) is 2.89. The first-order valence-corrected chi connectivity index (χ1v) is 5.34. The van der Waals surface area contributed by atoms with E-state index in [0.29, 0.717) is 0 Å². The molecule has 1 unspecified atom stereocenters. The van der Waals surface area contributed by atoms with Gasteiger partial charge in [0.25, 0.3) is 0 Å². The van der Waals surface area contributed by atoms with E-state index in [4.69, 9.17) is 4.42 Å². The molecule has 0 fully saturated rings. The third-order valence-electron chi connectivity index (χ3n) is 2.54. The van der Waals surface area contributed by atoms with E-state index in [0.717, 1.165) is 12.1 Å². The number of ether oxygens (including phenoxy) is 1. The second-order valence-corrected chi connectivity index (χ2v) is 3.77. The van der Waals surface area contributed by atoms with Gasteiger partial charge in [0.2, 0.25) is 5.76 Å². The number of aliphatic hydroxyl groups excluding tert-OH is 1. The number of aliphatic hydroxyl groups is 1. The lowest BCUT2D eigenvalue weighted by molar-refractivity contribution is 0.0558. The van der Waals surface area contributed by atoms with Gasteiger partial charge in [-0.05, 0) is 29.8 Å². The van der Waals surface area contributed by atoms with Crippen LogP contribution in [-0.2, 0) is 4.74 Å². The van der Waals surface area contributed by atoms with Gasteiger partial charge in [-0.2, -0.15) is 0 Å². The second-order valence-electron chi connectivity index (χ2n) is 3.77. The summed E-state index contributed by atoms with van der Waals surface area (Å²) in [5.74, 6) is -2.82. The molecule has 2 rings (SSSR count). The van der Waals surface area contributed by atoms with Crippen molar-refractivity contribution in [3.8, 4) is 0 Å². The molecule has 0 aliphatic rings. The van der Waals surface area contributed by atoms with E-state index >= 15 is 0 Å². The molecule has 0 saturated heterocycles. The second kappa shape index (κ2) is 5.19. The topological polar surface area (TPSA) is 59.7 Å². The quantitative estimate of drug-likeness (QED) is 0.868. The fourth-order valence-electron chi connectivity index (χ4n) is 1.56. The van der Waals surface area contributed by atoms with Crippen molar-refractivity contribution in [2.45, 2.75) is 6.10 Å². The molecule has 4 nitrogen and oxygen atoms in total. The molecule has 2 aromatic rings. The van der Waals surface area contributed by atoms with Crippen molar-refractivity contribution in [3.05, 3.63) is 59.1 Å². The molecule has 19 heavy (non-hydrogen) atoms. The smallest absolute Gasteiger partial charge is 0.373 e. The molecule has 1 aromatic heterocycles. The first-order chi connectivity index (χ1) is 9.02. The molecular weight excluding hydrogens is 258 g/mol. The van der Waals surface area contributed by atoms with Crippen LogP contribution in [0.3, 0.4) is 0 Å². The first-order valence-electron chi connectivity index (χ1n) is 5.34. The van der Waals surface area contributed by atoms with Crippen molar-refractivity contribution in [3.63, 3.8) is 0 Å². The SMILES string of the molecule is COC(=O)c1ccc(C(O)c2ccc(F)c(F)c2)o1. The van der Waals surface area contributed by atoms with Gasteiger partial charge in [0, 0.05) is 0 Å². The summed E-state index contributed by atoms with van der Waals surface area (Å²) < 4.78 is 35.4. The molecule has 0 saturated carbocycles. The summed E-state index contributed by atoms with van der Waals surface area (Å²) in [6, 6.07) is 5.67. The summed E-state index contributed by atoms with van der Waals surface area (Å²) in [5, 5.41) is 9.94. The molecule has 1 N–H and O–H groups in total. The van der Waals surface area contributed by atoms with E-state index in [2.05, 4.69) is 4.74 Å². The fourth-order valence-corrected chi connectivity index (χ4v) is 1.56.